The van der Waals surface area contributed by atoms with Gasteiger partial charge in [0.05, 0.1) is 0 Å². The first-order valence-corrected chi connectivity index (χ1v) is 7.39. The number of H-pyrrole nitrogens is 1. The maximum atomic E-state index is 12.1. The summed E-state index contributed by atoms with van der Waals surface area (Å²) in [5, 5.41) is 13.5. The number of rotatable bonds is 4. The van der Waals surface area contributed by atoms with Crippen LogP contribution in [-0.4, -0.2) is 29.2 Å². The van der Waals surface area contributed by atoms with E-state index in [1.807, 2.05) is 0 Å². The van der Waals surface area contributed by atoms with Crippen LogP contribution in [0.4, 0.5) is 0 Å². The SMILES string of the molecule is Cl.O=C(NCCC1CCCC1)c1n[nH]c2c1CNCC2. The molecule has 1 aromatic heterocycles. The monoisotopic (exact) mass is 298 g/mol. The van der Waals surface area contributed by atoms with Gasteiger partial charge in [-0.2, -0.15) is 5.10 Å². The molecule has 1 aliphatic carbocycles. The van der Waals surface area contributed by atoms with E-state index in [0.29, 0.717) is 5.69 Å². The molecule has 1 aliphatic heterocycles. The number of nitrogens with zero attached hydrogens (tertiary/aromatic N) is 1. The predicted octanol–water partition coefficient (Wildman–Crippen LogP) is 1.79. The molecule has 3 N–H and O–H groups in total. The number of hydrogen-bond acceptors (Lipinski definition) is 3. The summed E-state index contributed by atoms with van der Waals surface area (Å²) >= 11 is 0. The molecule has 0 unspecified atom stereocenters. The highest BCUT2D eigenvalue weighted by atomic mass is 35.5. The molecule has 2 aliphatic rings. The van der Waals surface area contributed by atoms with Crippen molar-refractivity contribution in [1.29, 1.82) is 0 Å². The number of halogens is 1. The molecule has 5 nitrogen and oxygen atoms in total. The van der Waals surface area contributed by atoms with Crippen molar-refractivity contribution in [3.8, 4) is 0 Å². The van der Waals surface area contributed by atoms with E-state index in [1.54, 1.807) is 0 Å². The van der Waals surface area contributed by atoms with Crippen molar-refractivity contribution >= 4 is 18.3 Å². The Morgan fingerprint density at radius 1 is 1.35 bits per heavy atom. The van der Waals surface area contributed by atoms with Gasteiger partial charge in [0.15, 0.2) is 5.69 Å². The van der Waals surface area contributed by atoms with Gasteiger partial charge in [-0.3, -0.25) is 9.89 Å². The fourth-order valence-electron chi connectivity index (χ4n) is 3.19. The van der Waals surface area contributed by atoms with Crippen LogP contribution in [0.25, 0.3) is 0 Å². The average molecular weight is 299 g/mol. The highest BCUT2D eigenvalue weighted by Gasteiger charge is 2.21. The summed E-state index contributed by atoms with van der Waals surface area (Å²) in [5.41, 5.74) is 2.73. The van der Waals surface area contributed by atoms with Crippen molar-refractivity contribution in [3.05, 3.63) is 17.0 Å². The van der Waals surface area contributed by atoms with Crippen LogP contribution in [0.5, 0.6) is 0 Å². The van der Waals surface area contributed by atoms with Crippen molar-refractivity contribution in [2.24, 2.45) is 5.92 Å². The van der Waals surface area contributed by atoms with Crippen molar-refractivity contribution in [2.45, 2.75) is 45.1 Å². The summed E-state index contributed by atoms with van der Waals surface area (Å²) < 4.78 is 0. The summed E-state index contributed by atoms with van der Waals surface area (Å²) in [7, 11) is 0. The number of carbonyl (C=O) groups excluding carboxylic acids is 1. The van der Waals surface area contributed by atoms with E-state index in [9.17, 15) is 4.79 Å². The third kappa shape index (κ3) is 3.33. The van der Waals surface area contributed by atoms with Gasteiger partial charge < -0.3 is 10.6 Å². The zero-order valence-corrected chi connectivity index (χ0v) is 12.5. The largest absolute Gasteiger partial charge is 0.351 e. The van der Waals surface area contributed by atoms with E-state index in [2.05, 4.69) is 20.8 Å². The lowest BCUT2D eigenvalue weighted by Gasteiger charge is -2.13. The summed E-state index contributed by atoms with van der Waals surface area (Å²) in [4.78, 5) is 12.1. The number of aromatic nitrogens is 2. The van der Waals surface area contributed by atoms with Crippen LogP contribution in [-0.2, 0) is 13.0 Å². The molecule has 0 bridgehead atoms. The molecule has 1 saturated carbocycles. The molecule has 0 atom stereocenters. The number of carbonyl (C=O) groups is 1. The molecule has 1 fully saturated rings. The Hall–Kier alpha value is -1.07. The Kier molecular flexibility index (Phi) is 5.43. The third-order valence-corrected chi connectivity index (χ3v) is 4.33. The maximum absolute atomic E-state index is 12.1. The minimum atomic E-state index is -0.0285. The molecule has 20 heavy (non-hydrogen) atoms. The molecule has 0 spiro atoms. The Morgan fingerprint density at radius 2 is 2.15 bits per heavy atom. The number of aromatic amines is 1. The predicted molar refractivity (Wildman–Crippen MR) is 80.2 cm³/mol. The fraction of sp³-hybridized carbons (Fsp3) is 0.714. The van der Waals surface area contributed by atoms with Gasteiger partial charge in [-0.1, -0.05) is 25.7 Å². The first kappa shape index (κ1) is 15.3. The Labute approximate surface area is 125 Å². The van der Waals surface area contributed by atoms with E-state index >= 15 is 0 Å². The zero-order valence-electron chi connectivity index (χ0n) is 11.7. The van der Waals surface area contributed by atoms with Gasteiger partial charge in [0, 0.05) is 37.3 Å². The van der Waals surface area contributed by atoms with E-state index < -0.39 is 0 Å². The fourth-order valence-corrected chi connectivity index (χ4v) is 3.19. The van der Waals surface area contributed by atoms with E-state index in [1.165, 1.54) is 25.7 Å². The van der Waals surface area contributed by atoms with Gasteiger partial charge in [-0.05, 0) is 12.3 Å². The highest BCUT2D eigenvalue weighted by Crippen LogP contribution is 2.26. The van der Waals surface area contributed by atoms with Crippen LogP contribution < -0.4 is 10.6 Å². The second-order valence-electron chi connectivity index (χ2n) is 5.65. The molecule has 6 heteroatoms. The number of nitrogens with one attached hydrogen (secondary N) is 3. The number of hydrogen-bond donors (Lipinski definition) is 3. The second-order valence-corrected chi connectivity index (χ2v) is 5.65. The van der Waals surface area contributed by atoms with Gasteiger partial charge in [0.25, 0.3) is 5.91 Å². The first-order valence-electron chi connectivity index (χ1n) is 7.39. The molecule has 3 rings (SSSR count). The normalized spacial score (nSPS) is 18.4. The number of amides is 1. The van der Waals surface area contributed by atoms with Crippen LogP contribution in [0, 0.1) is 5.92 Å². The van der Waals surface area contributed by atoms with Crippen molar-refractivity contribution < 1.29 is 4.79 Å². The molecule has 1 aromatic rings. The van der Waals surface area contributed by atoms with E-state index in [0.717, 1.165) is 49.7 Å². The van der Waals surface area contributed by atoms with Gasteiger partial charge in [0.1, 0.15) is 0 Å². The van der Waals surface area contributed by atoms with E-state index in [4.69, 9.17) is 0 Å². The summed E-state index contributed by atoms with van der Waals surface area (Å²) in [6.07, 6.45) is 7.41. The number of fused-ring (bicyclic) bond motifs is 1. The zero-order chi connectivity index (χ0) is 13.1. The molecular weight excluding hydrogens is 276 g/mol. The summed E-state index contributed by atoms with van der Waals surface area (Å²) in [6.45, 7) is 2.48. The van der Waals surface area contributed by atoms with Crippen LogP contribution in [0.15, 0.2) is 0 Å². The van der Waals surface area contributed by atoms with Gasteiger partial charge >= 0.3 is 0 Å². The van der Waals surface area contributed by atoms with Crippen LogP contribution in [0.3, 0.4) is 0 Å². The highest BCUT2D eigenvalue weighted by molar-refractivity contribution is 5.94. The summed E-state index contributed by atoms with van der Waals surface area (Å²) in [6, 6.07) is 0. The van der Waals surface area contributed by atoms with Gasteiger partial charge in [-0.25, -0.2) is 0 Å². The molecule has 1 amide bonds. The Morgan fingerprint density at radius 3 is 2.95 bits per heavy atom. The maximum Gasteiger partial charge on any atom is 0.272 e. The first-order chi connectivity index (χ1) is 9.34. The van der Waals surface area contributed by atoms with Crippen LogP contribution in [0.2, 0.25) is 0 Å². The molecular formula is C14H23ClN4O. The average Bonchev–Trinajstić information content (AvgIpc) is 3.07. The van der Waals surface area contributed by atoms with E-state index in [-0.39, 0.29) is 18.3 Å². The lowest BCUT2D eigenvalue weighted by molar-refractivity contribution is 0.0945. The second kappa shape index (κ2) is 7.09. The van der Waals surface area contributed by atoms with Gasteiger partial charge in [0.2, 0.25) is 0 Å². The van der Waals surface area contributed by atoms with Gasteiger partial charge in [-0.15, -0.1) is 12.4 Å². The topological polar surface area (TPSA) is 69.8 Å². The molecule has 2 heterocycles. The van der Waals surface area contributed by atoms with Crippen molar-refractivity contribution in [2.75, 3.05) is 13.1 Å². The smallest absolute Gasteiger partial charge is 0.272 e. The summed E-state index contributed by atoms with van der Waals surface area (Å²) in [5.74, 6) is 0.786. The minimum absolute atomic E-state index is 0. The van der Waals surface area contributed by atoms with Crippen molar-refractivity contribution in [1.82, 2.24) is 20.8 Å². The minimum Gasteiger partial charge on any atom is -0.351 e. The lowest BCUT2D eigenvalue weighted by Crippen LogP contribution is -2.29. The van der Waals surface area contributed by atoms with Crippen LogP contribution in [0.1, 0.15) is 53.8 Å². The quantitative estimate of drug-likeness (QED) is 0.794. The van der Waals surface area contributed by atoms with Crippen molar-refractivity contribution in [3.63, 3.8) is 0 Å². The molecule has 0 aromatic carbocycles. The lowest BCUT2D eigenvalue weighted by atomic mass is 10.0. The molecule has 0 saturated heterocycles. The van der Waals surface area contributed by atoms with Crippen LogP contribution >= 0.6 is 12.4 Å². The Balaban J connectivity index is 0.00000147. The molecule has 112 valence electrons. The standard InChI is InChI=1S/C14H22N4O.ClH/c19-14(16-8-5-10-3-1-2-4-10)13-11-9-15-7-6-12(11)17-18-13;/h10,15H,1-9H2,(H,16,19)(H,17,18);1H. The molecule has 0 radical (unpaired) electrons. The third-order valence-electron chi connectivity index (χ3n) is 4.33. The Bertz CT molecular complexity index is 454.